The lowest BCUT2D eigenvalue weighted by Gasteiger charge is -2.31. The first-order valence-electron chi connectivity index (χ1n) is 8.27. The second-order valence-electron chi connectivity index (χ2n) is 5.91. The first kappa shape index (κ1) is 16.4. The standard InChI is InChI=1S/C17H22N4O3/c1-2-21-8-7-18-16(21)15(12-5-9-24-10-6-12)20-17(23)13-3-4-14(22)19-11-13/h3-4,7-8,11-12,15H,2,5-6,9-10H2,1H3,(H,19,22)(H,20,23). The molecule has 128 valence electrons. The highest BCUT2D eigenvalue weighted by atomic mass is 16.5. The molecule has 3 rings (SSSR count). The van der Waals surface area contributed by atoms with Gasteiger partial charge in [-0.05, 0) is 31.7 Å². The molecule has 0 saturated carbocycles. The van der Waals surface area contributed by atoms with E-state index in [-0.39, 0.29) is 23.4 Å². The van der Waals surface area contributed by atoms with Gasteiger partial charge in [-0.1, -0.05) is 0 Å². The Bertz CT molecular complexity index is 726. The molecule has 1 fully saturated rings. The summed E-state index contributed by atoms with van der Waals surface area (Å²) in [5, 5.41) is 3.10. The summed E-state index contributed by atoms with van der Waals surface area (Å²) < 4.78 is 7.50. The van der Waals surface area contributed by atoms with Crippen LogP contribution >= 0.6 is 0 Å². The zero-order valence-corrected chi connectivity index (χ0v) is 13.7. The lowest BCUT2D eigenvalue weighted by atomic mass is 9.90. The minimum absolute atomic E-state index is 0.178. The summed E-state index contributed by atoms with van der Waals surface area (Å²) in [5.41, 5.74) is 0.204. The molecule has 24 heavy (non-hydrogen) atoms. The fourth-order valence-corrected chi connectivity index (χ4v) is 3.09. The van der Waals surface area contributed by atoms with Gasteiger partial charge in [-0.3, -0.25) is 9.59 Å². The van der Waals surface area contributed by atoms with Crippen LogP contribution in [0, 0.1) is 5.92 Å². The quantitative estimate of drug-likeness (QED) is 0.869. The largest absolute Gasteiger partial charge is 0.381 e. The summed E-state index contributed by atoms with van der Waals surface area (Å²) in [4.78, 5) is 30.8. The highest BCUT2D eigenvalue weighted by molar-refractivity contribution is 5.94. The number of carbonyl (C=O) groups excluding carboxylic acids is 1. The molecule has 2 aromatic rings. The minimum Gasteiger partial charge on any atom is -0.381 e. The number of aromatic amines is 1. The molecule has 0 radical (unpaired) electrons. The van der Waals surface area contributed by atoms with Gasteiger partial charge in [-0.2, -0.15) is 0 Å². The molecule has 0 aromatic carbocycles. The van der Waals surface area contributed by atoms with Crippen LogP contribution in [0.2, 0.25) is 0 Å². The van der Waals surface area contributed by atoms with Gasteiger partial charge in [0, 0.05) is 44.4 Å². The SMILES string of the molecule is CCn1ccnc1C(NC(=O)c1ccc(=O)[nH]c1)C1CCOCC1. The molecule has 1 saturated heterocycles. The number of rotatable bonds is 5. The predicted molar refractivity (Wildman–Crippen MR) is 88.7 cm³/mol. The van der Waals surface area contributed by atoms with Crippen LogP contribution in [-0.2, 0) is 11.3 Å². The molecule has 1 aliphatic heterocycles. The monoisotopic (exact) mass is 330 g/mol. The van der Waals surface area contributed by atoms with Crippen molar-refractivity contribution < 1.29 is 9.53 Å². The summed E-state index contributed by atoms with van der Waals surface area (Å²) in [6, 6.07) is 2.70. The Hall–Kier alpha value is -2.41. The number of hydrogen-bond acceptors (Lipinski definition) is 4. The minimum atomic E-state index is -0.228. The number of aromatic nitrogens is 3. The molecule has 1 aliphatic rings. The van der Waals surface area contributed by atoms with Crippen molar-refractivity contribution in [2.45, 2.75) is 32.4 Å². The Morgan fingerprint density at radius 2 is 2.25 bits per heavy atom. The van der Waals surface area contributed by atoms with Crippen molar-refractivity contribution in [1.29, 1.82) is 0 Å². The third-order valence-corrected chi connectivity index (χ3v) is 4.44. The van der Waals surface area contributed by atoms with Gasteiger partial charge in [-0.25, -0.2) is 4.98 Å². The van der Waals surface area contributed by atoms with Crippen molar-refractivity contribution in [3.8, 4) is 0 Å². The maximum absolute atomic E-state index is 12.6. The van der Waals surface area contributed by atoms with E-state index in [1.54, 1.807) is 6.20 Å². The van der Waals surface area contributed by atoms with Crippen molar-refractivity contribution >= 4 is 5.91 Å². The summed E-state index contributed by atoms with van der Waals surface area (Å²) in [5.74, 6) is 0.925. The smallest absolute Gasteiger partial charge is 0.253 e. The second kappa shape index (κ2) is 7.44. The predicted octanol–water partition coefficient (Wildman–Crippen LogP) is 1.49. The van der Waals surface area contributed by atoms with Crippen LogP contribution in [0.4, 0.5) is 0 Å². The molecule has 2 aromatic heterocycles. The molecule has 3 heterocycles. The van der Waals surface area contributed by atoms with Crippen LogP contribution in [-0.4, -0.2) is 33.7 Å². The van der Waals surface area contributed by atoms with Crippen LogP contribution in [0.5, 0.6) is 0 Å². The first-order valence-corrected chi connectivity index (χ1v) is 8.27. The fraction of sp³-hybridized carbons (Fsp3) is 0.471. The molecule has 7 heteroatoms. The molecular weight excluding hydrogens is 308 g/mol. The third kappa shape index (κ3) is 3.56. The van der Waals surface area contributed by atoms with E-state index in [1.807, 2.05) is 10.8 Å². The van der Waals surface area contributed by atoms with E-state index in [9.17, 15) is 9.59 Å². The number of nitrogens with zero attached hydrogens (tertiary/aromatic N) is 2. The number of aryl methyl sites for hydroxylation is 1. The number of hydrogen-bond donors (Lipinski definition) is 2. The van der Waals surface area contributed by atoms with Crippen molar-refractivity contribution in [2.75, 3.05) is 13.2 Å². The van der Waals surface area contributed by atoms with Crippen LogP contribution in [0.15, 0.2) is 35.5 Å². The van der Waals surface area contributed by atoms with E-state index in [0.717, 1.165) is 25.2 Å². The van der Waals surface area contributed by atoms with Gasteiger partial charge in [0.05, 0.1) is 11.6 Å². The topological polar surface area (TPSA) is 89.0 Å². The van der Waals surface area contributed by atoms with Gasteiger partial charge >= 0.3 is 0 Å². The van der Waals surface area contributed by atoms with Crippen molar-refractivity contribution in [2.24, 2.45) is 5.92 Å². The summed E-state index contributed by atoms with van der Waals surface area (Å²) in [7, 11) is 0. The summed E-state index contributed by atoms with van der Waals surface area (Å²) in [6.07, 6.45) is 6.89. The van der Waals surface area contributed by atoms with Crippen LogP contribution in [0.25, 0.3) is 0 Å². The van der Waals surface area contributed by atoms with E-state index in [0.29, 0.717) is 18.8 Å². The summed E-state index contributed by atoms with van der Waals surface area (Å²) >= 11 is 0. The van der Waals surface area contributed by atoms with E-state index >= 15 is 0 Å². The lowest BCUT2D eigenvalue weighted by Crippen LogP contribution is -2.37. The lowest BCUT2D eigenvalue weighted by molar-refractivity contribution is 0.0498. The maximum Gasteiger partial charge on any atom is 0.253 e. The number of pyridine rings is 1. The Kier molecular flexibility index (Phi) is 5.10. The zero-order chi connectivity index (χ0) is 16.9. The van der Waals surface area contributed by atoms with E-state index < -0.39 is 0 Å². The Morgan fingerprint density at radius 3 is 2.92 bits per heavy atom. The molecule has 0 bridgehead atoms. The Balaban J connectivity index is 1.85. The molecular formula is C17H22N4O3. The molecule has 1 atom stereocenters. The van der Waals surface area contributed by atoms with Gasteiger partial charge in [0.1, 0.15) is 5.82 Å². The number of amides is 1. The Morgan fingerprint density at radius 1 is 1.46 bits per heavy atom. The van der Waals surface area contributed by atoms with Gasteiger partial charge in [0.2, 0.25) is 5.56 Å². The van der Waals surface area contributed by atoms with Gasteiger partial charge in [-0.15, -0.1) is 0 Å². The van der Waals surface area contributed by atoms with Crippen molar-refractivity contribution in [3.05, 3.63) is 52.5 Å². The van der Waals surface area contributed by atoms with Gasteiger partial charge < -0.3 is 19.6 Å². The second-order valence-corrected chi connectivity index (χ2v) is 5.91. The van der Waals surface area contributed by atoms with Crippen molar-refractivity contribution in [3.63, 3.8) is 0 Å². The highest BCUT2D eigenvalue weighted by Crippen LogP contribution is 2.29. The average Bonchev–Trinajstić information content (AvgIpc) is 3.09. The van der Waals surface area contributed by atoms with E-state index in [1.165, 1.54) is 18.3 Å². The number of ether oxygens (including phenoxy) is 1. The maximum atomic E-state index is 12.6. The third-order valence-electron chi connectivity index (χ3n) is 4.44. The molecule has 2 N–H and O–H groups in total. The zero-order valence-electron chi connectivity index (χ0n) is 13.7. The summed E-state index contributed by atoms with van der Waals surface area (Å²) in [6.45, 7) is 4.24. The van der Waals surface area contributed by atoms with Crippen LogP contribution in [0.3, 0.4) is 0 Å². The van der Waals surface area contributed by atoms with Gasteiger partial charge in [0.25, 0.3) is 5.91 Å². The molecule has 1 amide bonds. The highest BCUT2D eigenvalue weighted by Gasteiger charge is 2.30. The first-order chi connectivity index (χ1) is 11.7. The average molecular weight is 330 g/mol. The normalized spacial score (nSPS) is 16.7. The number of nitrogens with one attached hydrogen (secondary N) is 2. The molecule has 1 unspecified atom stereocenters. The number of carbonyl (C=O) groups is 1. The number of H-pyrrole nitrogens is 1. The Labute approximate surface area is 140 Å². The fourth-order valence-electron chi connectivity index (χ4n) is 3.09. The van der Waals surface area contributed by atoms with Gasteiger partial charge in [0.15, 0.2) is 0 Å². The molecule has 0 aliphatic carbocycles. The van der Waals surface area contributed by atoms with E-state index in [4.69, 9.17) is 4.74 Å². The molecule has 7 nitrogen and oxygen atoms in total. The van der Waals surface area contributed by atoms with E-state index in [2.05, 4.69) is 22.2 Å². The van der Waals surface area contributed by atoms with Crippen molar-refractivity contribution in [1.82, 2.24) is 19.9 Å². The number of imidazole rings is 1. The molecule has 0 spiro atoms. The van der Waals surface area contributed by atoms with Crippen LogP contribution < -0.4 is 10.9 Å². The van der Waals surface area contributed by atoms with Crippen LogP contribution in [0.1, 0.15) is 42.0 Å².